The van der Waals surface area contributed by atoms with Crippen molar-refractivity contribution in [3.63, 3.8) is 0 Å². The van der Waals surface area contributed by atoms with Crippen LogP contribution in [0.2, 0.25) is 0 Å². The average molecular weight is 307 g/mol. The number of hydrogen-bond acceptors (Lipinski definition) is 2. The van der Waals surface area contributed by atoms with Crippen LogP contribution in [0.5, 0.6) is 11.5 Å². The van der Waals surface area contributed by atoms with Crippen LogP contribution in [0, 0.1) is 0 Å². The van der Waals surface area contributed by atoms with Crippen LogP contribution in [0.25, 0.3) is 0 Å². The summed E-state index contributed by atoms with van der Waals surface area (Å²) in [5, 5.41) is 0. The Morgan fingerprint density at radius 1 is 0.826 bits per heavy atom. The second-order valence-electron chi connectivity index (χ2n) is 6.35. The van der Waals surface area contributed by atoms with Crippen LogP contribution in [0.1, 0.15) is 42.7 Å². The van der Waals surface area contributed by atoms with Gasteiger partial charge in [0.15, 0.2) is 0 Å². The van der Waals surface area contributed by atoms with E-state index in [0.29, 0.717) is 0 Å². The predicted molar refractivity (Wildman–Crippen MR) is 89.8 cm³/mol. The van der Waals surface area contributed by atoms with Crippen LogP contribution in [0.3, 0.4) is 0 Å². The van der Waals surface area contributed by atoms with Crippen molar-refractivity contribution in [2.24, 2.45) is 0 Å². The van der Waals surface area contributed by atoms with Gasteiger partial charge in [0, 0.05) is 24.2 Å². The van der Waals surface area contributed by atoms with Crippen LogP contribution in [0.4, 0.5) is 0 Å². The number of fused-ring (bicyclic) bond motifs is 2. The summed E-state index contributed by atoms with van der Waals surface area (Å²) in [4.78, 5) is 15.4. The smallest absolute Gasteiger partial charge is 0.234 e. The number of hydrogen-bond donors (Lipinski definition) is 0. The molecule has 0 aliphatic carbocycles. The van der Waals surface area contributed by atoms with Gasteiger partial charge in [-0.05, 0) is 25.0 Å². The van der Waals surface area contributed by atoms with Crippen molar-refractivity contribution in [3.05, 3.63) is 59.7 Å². The summed E-state index contributed by atoms with van der Waals surface area (Å²) < 4.78 is 6.00. The number of para-hydroxylation sites is 2. The fraction of sp³-hybridized carbons (Fsp3) is 0.350. The van der Waals surface area contributed by atoms with E-state index in [1.165, 1.54) is 12.8 Å². The molecule has 0 N–H and O–H groups in total. The molecule has 23 heavy (non-hydrogen) atoms. The molecule has 2 aromatic rings. The Balaban J connectivity index is 1.76. The van der Waals surface area contributed by atoms with Gasteiger partial charge in [-0.2, -0.15) is 0 Å². The summed E-state index contributed by atoms with van der Waals surface area (Å²) in [6.07, 6.45) is 4.67. The summed E-state index contributed by atoms with van der Waals surface area (Å²) in [6, 6.07) is 15.8. The van der Waals surface area contributed by atoms with Gasteiger partial charge in [-0.15, -0.1) is 0 Å². The minimum atomic E-state index is -0.241. The molecule has 1 amide bonds. The Kier molecular flexibility index (Phi) is 3.78. The lowest BCUT2D eigenvalue weighted by Gasteiger charge is -2.31. The minimum absolute atomic E-state index is 0.218. The SMILES string of the molecule is O=C(C1c2ccccc2Oc2ccccc21)N1CCCCCC1. The maximum absolute atomic E-state index is 13.3. The summed E-state index contributed by atoms with van der Waals surface area (Å²) in [5.41, 5.74) is 1.97. The molecule has 1 saturated heterocycles. The Labute approximate surface area is 136 Å². The van der Waals surface area contributed by atoms with Crippen molar-refractivity contribution in [1.29, 1.82) is 0 Å². The highest BCUT2D eigenvalue weighted by Crippen LogP contribution is 2.44. The van der Waals surface area contributed by atoms with Crippen LogP contribution in [0.15, 0.2) is 48.5 Å². The van der Waals surface area contributed by atoms with Gasteiger partial charge in [-0.25, -0.2) is 0 Å². The lowest BCUT2D eigenvalue weighted by molar-refractivity contribution is -0.132. The third kappa shape index (κ3) is 2.61. The molecule has 0 saturated carbocycles. The van der Waals surface area contributed by atoms with Crippen LogP contribution in [-0.2, 0) is 4.79 Å². The van der Waals surface area contributed by atoms with Gasteiger partial charge in [0.2, 0.25) is 5.91 Å². The zero-order chi connectivity index (χ0) is 15.6. The van der Waals surface area contributed by atoms with Crippen molar-refractivity contribution < 1.29 is 9.53 Å². The van der Waals surface area contributed by atoms with E-state index in [4.69, 9.17) is 4.74 Å². The fourth-order valence-electron chi connectivity index (χ4n) is 3.65. The van der Waals surface area contributed by atoms with Gasteiger partial charge >= 0.3 is 0 Å². The van der Waals surface area contributed by atoms with Crippen molar-refractivity contribution >= 4 is 5.91 Å². The van der Waals surface area contributed by atoms with Crippen molar-refractivity contribution in [3.8, 4) is 11.5 Å². The number of rotatable bonds is 1. The molecule has 0 atom stereocenters. The fourth-order valence-corrected chi connectivity index (χ4v) is 3.65. The number of amides is 1. The monoisotopic (exact) mass is 307 g/mol. The van der Waals surface area contributed by atoms with E-state index < -0.39 is 0 Å². The highest BCUT2D eigenvalue weighted by Gasteiger charge is 2.35. The predicted octanol–water partition coefficient (Wildman–Crippen LogP) is 4.33. The number of ether oxygens (including phenoxy) is 1. The van der Waals surface area contributed by atoms with Crippen LogP contribution in [-0.4, -0.2) is 23.9 Å². The van der Waals surface area contributed by atoms with E-state index in [0.717, 1.165) is 48.6 Å². The molecule has 1 fully saturated rings. The lowest BCUT2D eigenvalue weighted by atomic mass is 9.86. The van der Waals surface area contributed by atoms with Crippen molar-refractivity contribution in [1.82, 2.24) is 4.90 Å². The summed E-state index contributed by atoms with van der Waals surface area (Å²) >= 11 is 0. The molecule has 2 aliphatic rings. The largest absolute Gasteiger partial charge is 0.457 e. The van der Waals surface area contributed by atoms with E-state index >= 15 is 0 Å². The number of likely N-dealkylation sites (tertiary alicyclic amines) is 1. The third-order valence-electron chi connectivity index (χ3n) is 4.84. The molecule has 2 heterocycles. The summed E-state index contributed by atoms with van der Waals surface area (Å²) in [6.45, 7) is 1.75. The minimum Gasteiger partial charge on any atom is -0.457 e. The van der Waals surface area contributed by atoms with Gasteiger partial charge in [-0.3, -0.25) is 4.79 Å². The maximum Gasteiger partial charge on any atom is 0.234 e. The second-order valence-corrected chi connectivity index (χ2v) is 6.35. The van der Waals surface area contributed by atoms with Gasteiger partial charge in [-0.1, -0.05) is 49.2 Å². The molecule has 0 unspecified atom stereocenters. The maximum atomic E-state index is 13.3. The van der Waals surface area contributed by atoms with Crippen LogP contribution < -0.4 is 4.74 Å². The van der Waals surface area contributed by atoms with Crippen LogP contribution >= 0.6 is 0 Å². The first-order valence-corrected chi connectivity index (χ1v) is 8.49. The molecule has 0 aromatic heterocycles. The highest BCUT2D eigenvalue weighted by molar-refractivity contribution is 5.89. The molecule has 3 heteroatoms. The van der Waals surface area contributed by atoms with E-state index in [1.54, 1.807) is 0 Å². The van der Waals surface area contributed by atoms with Gasteiger partial charge in [0.05, 0.1) is 5.92 Å². The van der Waals surface area contributed by atoms with E-state index in [1.807, 2.05) is 48.5 Å². The van der Waals surface area contributed by atoms with Gasteiger partial charge < -0.3 is 9.64 Å². The van der Waals surface area contributed by atoms with E-state index in [2.05, 4.69) is 4.90 Å². The quantitative estimate of drug-likeness (QED) is 0.785. The van der Waals surface area contributed by atoms with Crippen molar-refractivity contribution in [2.75, 3.05) is 13.1 Å². The molecule has 0 spiro atoms. The average Bonchev–Trinajstić information content (AvgIpc) is 2.88. The first-order valence-electron chi connectivity index (χ1n) is 8.49. The number of nitrogens with zero attached hydrogens (tertiary/aromatic N) is 1. The molecule has 3 nitrogen and oxygen atoms in total. The first-order chi connectivity index (χ1) is 11.3. The Hall–Kier alpha value is -2.29. The topological polar surface area (TPSA) is 29.5 Å². The first kappa shape index (κ1) is 14.3. The molecule has 0 radical (unpaired) electrons. The number of benzene rings is 2. The molecule has 0 bridgehead atoms. The summed E-state index contributed by atoms with van der Waals surface area (Å²) in [5.74, 6) is 1.59. The van der Waals surface area contributed by atoms with Gasteiger partial charge in [0.1, 0.15) is 11.5 Å². The normalized spacial score (nSPS) is 17.7. The molecular formula is C20H21NO2. The molecule has 2 aromatic carbocycles. The molecular weight excluding hydrogens is 286 g/mol. The van der Waals surface area contributed by atoms with E-state index in [9.17, 15) is 4.79 Å². The molecule has 2 aliphatic heterocycles. The second kappa shape index (κ2) is 6.07. The zero-order valence-electron chi connectivity index (χ0n) is 13.2. The Morgan fingerprint density at radius 2 is 1.35 bits per heavy atom. The molecule has 118 valence electrons. The van der Waals surface area contributed by atoms with E-state index in [-0.39, 0.29) is 11.8 Å². The standard InChI is InChI=1S/C20H21NO2/c22-20(21-13-7-1-2-8-14-21)19-15-9-3-5-11-17(15)23-18-12-6-4-10-16(18)19/h3-6,9-12,19H,1-2,7-8,13-14H2. The lowest BCUT2D eigenvalue weighted by Crippen LogP contribution is -2.37. The third-order valence-corrected chi connectivity index (χ3v) is 4.84. The van der Waals surface area contributed by atoms with Crippen molar-refractivity contribution in [2.45, 2.75) is 31.6 Å². The van der Waals surface area contributed by atoms with Gasteiger partial charge in [0.25, 0.3) is 0 Å². The Morgan fingerprint density at radius 3 is 1.91 bits per heavy atom. The highest BCUT2D eigenvalue weighted by atomic mass is 16.5. The summed E-state index contributed by atoms with van der Waals surface area (Å²) in [7, 11) is 0. The number of carbonyl (C=O) groups excluding carboxylic acids is 1. The molecule has 4 rings (SSSR count). The number of carbonyl (C=O) groups is 1. The zero-order valence-corrected chi connectivity index (χ0v) is 13.2. The Bertz CT molecular complexity index is 672.